The molecule has 196 valence electrons. The molecule has 2 atom stereocenters. The van der Waals surface area contributed by atoms with E-state index >= 15 is 0 Å². The summed E-state index contributed by atoms with van der Waals surface area (Å²) in [6, 6.07) is 0.691. The largest absolute Gasteiger partial charge is 0.444 e. The van der Waals surface area contributed by atoms with E-state index in [-0.39, 0.29) is 43.6 Å². The maximum absolute atomic E-state index is 14.4. The van der Waals surface area contributed by atoms with Gasteiger partial charge >= 0.3 is 6.09 Å². The number of amides is 2. The van der Waals surface area contributed by atoms with Crippen molar-refractivity contribution in [2.75, 3.05) is 37.7 Å². The fourth-order valence-electron chi connectivity index (χ4n) is 4.67. The number of piperazine rings is 1. The standard InChI is InChI=1S/C25H38F2N4O4/c1-8-25(26,27)17-9-19-21(28-10-17)24(6,7)15-31(19)20(33)13-29-11-16(2)30(12-18(29)14-32)22(34)35-23(3,4)5/h9-10,16,18,32H,8,11-15H2,1-7H3. The summed E-state index contributed by atoms with van der Waals surface area (Å²) in [7, 11) is 0. The van der Waals surface area contributed by atoms with Crippen molar-refractivity contribution in [1.29, 1.82) is 0 Å². The summed E-state index contributed by atoms with van der Waals surface area (Å²) < 4.78 is 34.2. The fraction of sp³-hybridized carbons (Fsp3) is 0.720. The number of aliphatic hydroxyl groups is 1. The van der Waals surface area contributed by atoms with Gasteiger partial charge in [-0.1, -0.05) is 20.8 Å². The molecule has 1 aromatic heterocycles. The number of carbonyl (C=O) groups excluding carboxylic acids is 2. The maximum Gasteiger partial charge on any atom is 0.410 e. The van der Waals surface area contributed by atoms with Crippen molar-refractivity contribution in [2.24, 2.45) is 0 Å². The van der Waals surface area contributed by atoms with E-state index in [1.54, 1.807) is 25.7 Å². The number of ether oxygens (including phenoxy) is 1. The number of aliphatic hydroxyl groups excluding tert-OH is 1. The maximum atomic E-state index is 14.4. The average Bonchev–Trinajstić information content (AvgIpc) is 3.03. The van der Waals surface area contributed by atoms with Gasteiger partial charge in [0.25, 0.3) is 5.92 Å². The van der Waals surface area contributed by atoms with Gasteiger partial charge in [0, 0.05) is 49.3 Å². The third-order valence-electron chi connectivity index (χ3n) is 6.65. The molecule has 2 amide bonds. The van der Waals surface area contributed by atoms with Gasteiger partial charge in [-0.25, -0.2) is 13.6 Å². The van der Waals surface area contributed by atoms with Gasteiger partial charge in [0.2, 0.25) is 5.91 Å². The lowest BCUT2D eigenvalue weighted by Gasteiger charge is -2.44. The lowest BCUT2D eigenvalue weighted by molar-refractivity contribution is -0.121. The number of pyridine rings is 1. The van der Waals surface area contributed by atoms with Crippen molar-refractivity contribution in [3.63, 3.8) is 0 Å². The second-order valence-electron chi connectivity index (χ2n) is 11.3. The van der Waals surface area contributed by atoms with E-state index in [1.807, 2.05) is 25.7 Å². The Labute approximate surface area is 206 Å². The van der Waals surface area contributed by atoms with Crippen LogP contribution < -0.4 is 4.90 Å². The van der Waals surface area contributed by atoms with E-state index in [4.69, 9.17) is 4.74 Å². The molecule has 0 aliphatic carbocycles. The molecule has 0 radical (unpaired) electrons. The third-order valence-corrected chi connectivity index (χ3v) is 6.65. The first-order valence-electron chi connectivity index (χ1n) is 12.1. The van der Waals surface area contributed by atoms with Gasteiger partial charge in [-0.05, 0) is 33.8 Å². The Hall–Kier alpha value is -2.33. The molecule has 2 aliphatic rings. The summed E-state index contributed by atoms with van der Waals surface area (Å²) in [4.78, 5) is 35.3. The third kappa shape index (κ3) is 5.74. The molecule has 0 bridgehead atoms. The van der Waals surface area contributed by atoms with Crippen LogP contribution in [0.2, 0.25) is 0 Å². The van der Waals surface area contributed by atoms with Crippen molar-refractivity contribution < 1.29 is 28.2 Å². The van der Waals surface area contributed by atoms with E-state index < -0.39 is 29.1 Å². The number of carbonyl (C=O) groups is 2. The lowest BCUT2D eigenvalue weighted by atomic mass is 9.91. The number of alkyl halides is 2. The van der Waals surface area contributed by atoms with Crippen molar-refractivity contribution in [2.45, 2.75) is 83.9 Å². The SMILES string of the molecule is CCC(F)(F)c1cnc2c(c1)N(C(=O)CN1CC(C)N(C(=O)OC(C)(C)C)CC1CO)CC2(C)C. The molecule has 1 saturated heterocycles. The minimum atomic E-state index is -3.03. The van der Waals surface area contributed by atoms with Crippen LogP contribution in [0.4, 0.5) is 19.3 Å². The molecule has 3 rings (SSSR count). The first-order chi connectivity index (χ1) is 16.1. The minimum absolute atomic E-state index is 0.0123. The number of fused-ring (bicyclic) bond motifs is 1. The number of hydrogen-bond acceptors (Lipinski definition) is 6. The van der Waals surface area contributed by atoms with Crippen LogP contribution >= 0.6 is 0 Å². The Balaban J connectivity index is 1.79. The average molecular weight is 497 g/mol. The highest BCUT2D eigenvalue weighted by molar-refractivity contribution is 5.97. The minimum Gasteiger partial charge on any atom is -0.444 e. The lowest BCUT2D eigenvalue weighted by Crippen LogP contribution is -2.62. The first kappa shape index (κ1) is 27.3. The van der Waals surface area contributed by atoms with Gasteiger partial charge in [-0.2, -0.15) is 0 Å². The normalized spacial score (nSPS) is 22.8. The summed E-state index contributed by atoms with van der Waals surface area (Å²) in [6.45, 7) is 13.2. The van der Waals surface area contributed by atoms with Crippen LogP contribution in [-0.2, 0) is 20.9 Å². The van der Waals surface area contributed by atoms with Crippen LogP contribution in [0.3, 0.4) is 0 Å². The van der Waals surface area contributed by atoms with Gasteiger partial charge in [-0.15, -0.1) is 0 Å². The zero-order valence-electron chi connectivity index (χ0n) is 21.8. The highest BCUT2D eigenvalue weighted by Crippen LogP contribution is 2.42. The topological polar surface area (TPSA) is 86.2 Å². The molecule has 10 heteroatoms. The second-order valence-corrected chi connectivity index (χ2v) is 11.3. The number of halogens is 2. The Morgan fingerprint density at radius 2 is 1.91 bits per heavy atom. The molecular weight excluding hydrogens is 458 g/mol. The van der Waals surface area contributed by atoms with Gasteiger partial charge in [0.1, 0.15) is 5.60 Å². The van der Waals surface area contributed by atoms with Gasteiger partial charge in [-0.3, -0.25) is 14.7 Å². The molecule has 8 nitrogen and oxygen atoms in total. The van der Waals surface area contributed by atoms with Crippen LogP contribution in [0.5, 0.6) is 0 Å². The number of nitrogens with zero attached hydrogens (tertiary/aromatic N) is 4. The summed E-state index contributed by atoms with van der Waals surface area (Å²) in [6.07, 6.45) is 0.389. The molecule has 35 heavy (non-hydrogen) atoms. The molecule has 1 N–H and O–H groups in total. The molecule has 2 unspecified atom stereocenters. The molecule has 0 saturated carbocycles. The number of hydrogen-bond donors (Lipinski definition) is 1. The molecule has 3 heterocycles. The van der Waals surface area contributed by atoms with Crippen LogP contribution in [0.1, 0.15) is 66.1 Å². The summed E-state index contributed by atoms with van der Waals surface area (Å²) in [5.41, 5.74) is -0.308. The first-order valence-corrected chi connectivity index (χ1v) is 12.1. The highest BCUT2D eigenvalue weighted by Gasteiger charge is 2.43. The monoisotopic (exact) mass is 496 g/mol. The van der Waals surface area contributed by atoms with Crippen LogP contribution in [0, 0.1) is 0 Å². The van der Waals surface area contributed by atoms with Crippen LogP contribution in [0.25, 0.3) is 0 Å². The zero-order valence-corrected chi connectivity index (χ0v) is 21.8. The Morgan fingerprint density at radius 3 is 2.49 bits per heavy atom. The quantitative estimate of drug-likeness (QED) is 0.672. The molecule has 1 aromatic rings. The van der Waals surface area contributed by atoms with E-state index in [2.05, 4.69) is 4.98 Å². The highest BCUT2D eigenvalue weighted by atomic mass is 19.3. The number of anilines is 1. The smallest absolute Gasteiger partial charge is 0.410 e. The van der Waals surface area contributed by atoms with Crippen LogP contribution in [0.15, 0.2) is 12.3 Å². The van der Waals surface area contributed by atoms with E-state index in [1.165, 1.54) is 24.1 Å². The molecule has 2 aliphatic heterocycles. The van der Waals surface area contributed by atoms with E-state index in [0.29, 0.717) is 24.5 Å². The zero-order chi connectivity index (χ0) is 26.3. The molecule has 0 aromatic carbocycles. The van der Waals surface area contributed by atoms with Crippen molar-refractivity contribution in [1.82, 2.24) is 14.8 Å². The predicted molar refractivity (Wildman–Crippen MR) is 129 cm³/mol. The van der Waals surface area contributed by atoms with E-state index in [9.17, 15) is 23.5 Å². The van der Waals surface area contributed by atoms with E-state index in [0.717, 1.165) is 0 Å². The van der Waals surface area contributed by atoms with Crippen LogP contribution in [-0.4, -0.2) is 82.4 Å². The molecule has 1 fully saturated rings. The molecule has 0 spiro atoms. The van der Waals surface area contributed by atoms with Gasteiger partial charge in [0.05, 0.1) is 30.6 Å². The number of rotatable bonds is 5. The second kappa shape index (κ2) is 9.61. The van der Waals surface area contributed by atoms with Crippen molar-refractivity contribution in [3.8, 4) is 0 Å². The Kier molecular flexibility index (Phi) is 7.49. The Morgan fingerprint density at radius 1 is 1.26 bits per heavy atom. The van der Waals surface area contributed by atoms with Gasteiger partial charge in [0.15, 0.2) is 0 Å². The summed E-state index contributed by atoms with van der Waals surface area (Å²) in [5.74, 6) is -3.29. The number of aromatic nitrogens is 1. The summed E-state index contributed by atoms with van der Waals surface area (Å²) in [5, 5.41) is 10.0. The van der Waals surface area contributed by atoms with Crippen molar-refractivity contribution >= 4 is 17.7 Å². The van der Waals surface area contributed by atoms with Gasteiger partial charge < -0.3 is 19.6 Å². The molecular formula is C25H38F2N4O4. The Bertz CT molecular complexity index is 963. The van der Waals surface area contributed by atoms with Crippen molar-refractivity contribution in [3.05, 3.63) is 23.5 Å². The predicted octanol–water partition coefficient (Wildman–Crippen LogP) is 3.51. The fourth-order valence-corrected chi connectivity index (χ4v) is 4.67. The summed E-state index contributed by atoms with van der Waals surface area (Å²) >= 11 is 0.